The summed E-state index contributed by atoms with van der Waals surface area (Å²) in [5, 5.41) is 12.6. The van der Waals surface area contributed by atoms with Crippen molar-refractivity contribution in [2.75, 3.05) is 36.9 Å². The van der Waals surface area contributed by atoms with E-state index < -0.39 is 5.41 Å². The summed E-state index contributed by atoms with van der Waals surface area (Å²) >= 11 is 0. The molecule has 4 saturated carbocycles. The summed E-state index contributed by atoms with van der Waals surface area (Å²) in [6.45, 7) is 2.31. The van der Waals surface area contributed by atoms with Crippen molar-refractivity contribution >= 4 is 17.5 Å². The summed E-state index contributed by atoms with van der Waals surface area (Å²) in [7, 11) is 0. The summed E-state index contributed by atoms with van der Waals surface area (Å²) in [5.74, 6) is 2.45. The van der Waals surface area contributed by atoms with Crippen LogP contribution in [0.1, 0.15) is 55.4 Å². The highest BCUT2D eigenvalue weighted by Gasteiger charge is 2.57. The molecule has 0 unspecified atom stereocenters. The Morgan fingerprint density at radius 2 is 2.00 bits per heavy atom. The third-order valence-corrected chi connectivity index (χ3v) is 8.03. The highest BCUT2D eigenvalue weighted by molar-refractivity contribution is 5.94. The predicted octanol–water partition coefficient (Wildman–Crippen LogP) is 2.11. The Morgan fingerprint density at radius 1 is 1.22 bits per heavy atom. The van der Waals surface area contributed by atoms with E-state index in [1.165, 1.54) is 6.33 Å². The van der Waals surface area contributed by atoms with Gasteiger partial charge in [0, 0.05) is 24.7 Å². The zero-order valence-electron chi connectivity index (χ0n) is 20.2. The van der Waals surface area contributed by atoms with E-state index in [0.717, 1.165) is 64.0 Å². The molecule has 3 N–H and O–H groups in total. The maximum Gasteiger partial charge on any atom is 0.319 e. The largest absolute Gasteiger partial charge is 0.488 e. The summed E-state index contributed by atoms with van der Waals surface area (Å²) in [5.41, 5.74) is 5.67. The second kappa shape index (κ2) is 8.76. The maximum absolute atomic E-state index is 13.1. The van der Waals surface area contributed by atoms with Crippen LogP contribution < -0.4 is 25.4 Å². The number of nitriles is 1. The number of carbonyl (C=O) groups is 1. The van der Waals surface area contributed by atoms with Crippen molar-refractivity contribution in [2.45, 2.75) is 50.5 Å². The number of rotatable bonds is 9. The molecule has 188 valence electrons. The molecular formula is C25H30N8O3. The molecule has 7 rings (SSSR count). The number of ether oxygens (including phenoxy) is 2. The number of piperidine rings is 1. The van der Waals surface area contributed by atoms with E-state index in [1.54, 1.807) is 12.3 Å². The SMILES string of the molecule is N#CC1(COc2nc(C(=O)NC34CC(C3)C4)cc(N3CCC(COc4cncnc4N)CC3)n2)CC1. The Balaban J connectivity index is 1.12. The fraction of sp³-hybridized carbons (Fsp3) is 0.600. The second-order valence-electron chi connectivity index (χ2n) is 10.8. The first-order valence-corrected chi connectivity index (χ1v) is 12.6. The Bertz CT molecular complexity index is 1190. The summed E-state index contributed by atoms with van der Waals surface area (Å²) in [4.78, 5) is 32.2. The fourth-order valence-electron chi connectivity index (χ4n) is 5.31. The lowest BCUT2D eigenvalue weighted by molar-refractivity contribution is -0.0439. The molecule has 2 aromatic rings. The molecule has 36 heavy (non-hydrogen) atoms. The second-order valence-corrected chi connectivity index (χ2v) is 10.8. The van der Waals surface area contributed by atoms with Gasteiger partial charge in [0.2, 0.25) is 0 Å². The first-order chi connectivity index (χ1) is 17.4. The van der Waals surface area contributed by atoms with Gasteiger partial charge in [-0.05, 0) is 56.8 Å². The lowest BCUT2D eigenvalue weighted by atomic mass is 9.50. The maximum atomic E-state index is 13.1. The van der Waals surface area contributed by atoms with Gasteiger partial charge in [0.15, 0.2) is 11.6 Å². The lowest BCUT2D eigenvalue weighted by Gasteiger charge is -2.61. The van der Waals surface area contributed by atoms with Crippen LogP contribution in [0, 0.1) is 28.6 Å². The first kappa shape index (κ1) is 22.8. The smallest absolute Gasteiger partial charge is 0.319 e. The Kier molecular flexibility index (Phi) is 5.54. The van der Waals surface area contributed by atoms with Gasteiger partial charge in [0.1, 0.15) is 24.4 Å². The van der Waals surface area contributed by atoms with Crippen LogP contribution in [0.2, 0.25) is 0 Å². The van der Waals surface area contributed by atoms with Gasteiger partial charge in [0.25, 0.3) is 5.91 Å². The van der Waals surface area contributed by atoms with Gasteiger partial charge in [-0.1, -0.05) is 0 Å². The van der Waals surface area contributed by atoms with Crippen LogP contribution in [0.25, 0.3) is 0 Å². The molecule has 2 bridgehead atoms. The van der Waals surface area contributed by atoms with E-state index in [4.69, 9.17) is 15.2 Å². The Morgan fingerprint density at radius 3 is 2.64 bits per heavy atom. The molecule has 11 heteroatoms. The van der Waals surface area contributed by atoms with Crippen molar-refractivity contribution in [1.82, 2.24) is 25.3 Å². The van der Waals surface area contributed by atoms with E-state index in [-0.39, 0.29) is 24.1 Å². The summed E-state index contributed by atoms with van der Waals surface area (Å²) in [6, 6.07) is 4.23. The predicted molar refractivity (Wildman–Crippen MR) is 129 cm³/mol. The Labute approximate surface area is 209 Å². The highest BCUT2D eigenvalue weighted by atomic mass is 16.5. The van der Waals surface area contributed by atoms with E-state index in [1.807, 2.05) is 0 Å². The molecule has 5 aliphatic rings. The van der Waals surface area contributed by atoms with E-state index in [9.17, 15) is 10.1 Å². The normalized spacial score (nSPS) is 25.6. The van der Waals surface area contributed by atoms with Gasteiger partial charge in [-0.3, -0.25) is 4.79 Å². The fourth-order valence-corrected chi connectivity index (χ4v) is 5.31. The number of carbonyl (C=O) groups excluding carboxylic acids is 1. The monoisotopic (exact) mass is 490 g/mol. The van der Waals surface area contributed by atoms with E-state index in [0.29, 0.717) is 35.6 Å². The number of nitrogen functional groups attached to an aromatic ring is 1. The number of anilines is 2. The molecule has 5 fully saturated rings. The van der Waals surface area contributed by atoms with Crippen LogP contribution in [0.3, 0.4) is 0 Å². The molecule has 2 aromatic heterocycles. The zero-order valence-corrected chi connectivity index (χ0v) is 20.2. The molecular weight excluding hydrogens is 460 g/mol. The molecule has 4 aliphatic carbocycles. The first-order valence-electron chi connectivity index (χ1n) is 12.6. The van der Waals surface area contributed by atoms with Gasteiger partial charge >= 0.3 is 6.01 Å². The minimum absolute atomic E-state index is 0.0434. The average molecular weight is 491 g/mol. The molecule has 0 spiro atoms. The van der Waals surface area contributed by atoms with Crippen molar-refractivity contribution < 1.29 is 14.3 Å². The van der Waals surface area contributed by atoms with Crippen molar-refractivity contribution in [2.24, 2.45) is 17.3 Å². The van der Waals surface area contributed by atoms with Crippen molar-refractivity contribution in [3.8, 4) is 17.8 Å². The van der Waals surface area contributed by atoms with Gasteiger partial charge < -0.3 is 25.4 Å². The molecule has 3 heterocycles. The highest BCUT2D eigenvalue weighted by Crippen LogP contribution is 2.57. The van der Waals surface area contributed by atoms with E-state index >= 15 is 0 Å². The number of nitrogens with zero attached hydrogens (tertiary/aromatic N) is 6. The zero-order chi connectivity index (χ0) is 24.8. The minimum Gasteiger partial charge on any atom is -0.488 e. The van der Waals surface area contributed by atoms with Gasteiger partial charge in [0.05, 0.1) is 24.3 Å². The van der Waals surface area contributed by atoms with Crippen LogP contribution in [-0.2, 0) is 0 Å². The molecule has 0 radical (unpaired) electrons. The van der Waals surface area contributed by atoms with Crippen LogP contribution in [0.15, 0.2) is 18.6 Å². The average Bonchev–Trinajstić information content (AvgIpc) is 3.64. The van der Waals surface area contributed by atoms with Crippen LogP contribution in [0.5, 0.6) is 11.8 Å². The number of aromatic nitrogens is 4. The third-order valence-electron chi connectivity index (χ3n) is 8.03. The topological polar surface area (TPSA) is 152 Å². The van der Waals surface area contributed by atoms with Crippen molar-refractivity contribution in [3.63, 3.8) is 0 Å². The standard InChI is InChI=1S/C25H30N8O3/c26-13-24(3-4-24)14-36-23-30-18(22(34)32-25-8-17(9-25)10-25)7-20(31-23)33-5-1-16(2-6-33)12-35-19-11-28-15-29-21(19)27/h7,11,15-17H,1-6,8-10,12,14H2,(H,32,34)(H2,27,28,29). The molecule has 0 atom stereocenters. The number of hydrogen-bond acceptors (Lipinski definition) is 10. The van der Waals surface area contributed by atoms with Crippen LogP contribution in [-0.4, -0.2) is 57.7 Å². The molecule has 1 amide bonds. The van der Waals surface area contributed by atoms with Gasteiger partial charge in [-0.2, -0.15) is 15.2 Å². The van der Waals surface area contributed by atoms with Crippen molar-refractivity contribution in [3.05, 3.63) is 24.3 Å². The molecule has 0 aromatic carbocycles. The van der Waals surface area contributed by atoms with E-state index in [2.05, 4.69) is 36.2 Å². The van der Waals surface area contributed by atoms with Crippen molar-refractivity contribution in [1.29, 1.82) is 5.26 Å². The number of nitrogens with two attached hydrogens (primary N) is 1. The minimum atomic E-state index is -0.445. The quantitative estimate of drug-likeness (QED) is 0.534. The molecule has 1 aliphatic heterocycles. The lowest BCUT2D eigenvalue weighted by Crippen LogP contribution is -2.68. The molecule has 11 nitrogen and oxygen atoms in total. The third kappa shape index (κ3) is 4.47. The Hall–Kier alpha value is -3.68. The summed E-state index contributed by atoms with van der Waals surface area (Å²) < 4.78 is 11.7. The summed E-state index contributed by atoms with van der Waals surface area (Å²) in [6.07, 6.45) is 9.58. The molecule has 1 saturated heterocycles. The van der Waals surface area contributed by atoms with Crippen LogP contribution in [0.4, 0.5) is 11.6 Å². The van der Waals surface area contributed by atoms with Crippen LogP contribution >= 0.6 is 0 Å². The van der Waals surface area contributed by atoms with Gasteiger partial charge in [-0.25, -0.2) is 9.97 Å². The number of hydrogen-bond donors (Lipinski definition) is 2. The number of amides is 1. The number of nitrogens with one attached hydrogen (secondary N) is 1. The van der Waals surface area contributed by atoms with Gasteiger partial charge in [-0.15, -0.1) is 0 Å².